The number of halogens is 2. The zero-order valence-corrected chi connectivity index (χ0v) is 17.2. The van der Waals surface area contributed by atoms with Crippen LogP contribution in [0.2, 0.25) is 0 Å². The van der Waals surface area contributed by atoms with Crippen molar-refractivity contribution in [1.82, 2.24) is 4.31 Å². The predicted octanol–water partition coefficient (Wildman–Crippen LogP) is 3.11. The highest BCUT2D eigenvalue weighted by atomic mass is 32.2. The topological polar surface area (TPSA) is 72.6 Å². The lowest BCUT2D eigenvalue weighted by Crippen LogP contribution is -2.54. The summed E-state index contributed by atoms with van der Waals surface area (Å²) in [5.41, 5.74) is 5.89. The number of allylic oxidation sites excluding steroid dienone is 3. The van der Waals surface area contributed by atoms with Crippen LogP contribution >= 0.6 is 0 Å². The Labute approximate surface area is 170 Å². The molecule has 2 atom stereocenters. The Balaban J connectivity index is 1.63. The molecule has 29 heavy (non-hydrogen) atoms. The Hall–Kier alpha value is -1.61. The second-order valence-corrected chi connectivity index (χ2v) is 10.3. The Morgan fingerprint density at radius 3 is 2.59 bits per heavy atom. The molecular weight excluding hydrogens is 398 g/mol. The van der Waals surface area contributed by atoms with Crippen LogP contribution in [0, 0.1) is 11.6 Å². The fourth-order valence-corrected chi connectivity index (χ4v) is 6.50. The molecule has 0 spiro atoms. The minimum atomic E-state index is -3.69. The minimum Gasteiger partial charge on any atom is -0.377 e. The largest absolute Gasteiger partial charge is 0.377 e. The smallest absolute Gasteiger partial charge is 0.221 e. The van der Waals surface area contributed by atoms with Crippen LogP contribution in [0.3, 0.4) is 0 Å². The summed E-state index contributed by atoms with van der Waals surface area (Å²) in [6.45, 7) is 1.87. The summed E-state index contributed by atoms with van der Waals surface area (Å²) in [6.07, 6.45) is 8.74. The molecule has 1 aromatic carbocycles. The standard InChI is InChI=1S/C21H26F2N2O3S/c1-14-7-8-20(15-5-3-2-4-6-15)29(26,27)25(14)11-16-9-19(23)17(10-18(16)22)21(24)12-28-13-21/h3,5-6,9-10,14,20H,2,4,7-8,11-13,24H2,1H3/t14-,20?/m0/s1. The number of hydrogen-bond donors (Lipinski definition) is 1. The molecule has 8 heteroatoms. The average molecular weight is 425 g/mol. The van der Waals surface area contributed by atoms with Gasteiger partial charge < -0.3 is 10.5 Å². The maximum Gasteiger partial charge on any atom is 0.221 e. The number of benzene rings is 1. The summed E-state index contributed by atoms with van der Waals surface area (Å²) in [7, 11) is -3.69. The molecule has 2 aliphatic heterocycles. The highest BCUT2D eigenvalue weighted by Gasteiger charge is 2.42. The Morgan fingerprint density at radius 1 is 1.21 bits per heavy atom. The number of sulfonamides is 1. The minimum absolute atomic E-state index is 0.0133. The van der Waals surface area contributed by atoms with Gasteiger partial charge in [-0.05, 0) is 50.3 Å². The quantitative estimate of drug-likeness (QED) is 0.806. The summed E-state index contributed by atoms with van der Waals surface area (Å²) < 4.78 is 62.4. The molecule has 0 bridgehead atoms. The van der Waals surface area contributed by atoms with Crippen molar-refractivity contribution in [3.8, 4) is 0 Å². The summed E-state index contributed by atoms with van der Waals surface area (Å²) in [5.74, 6) is -1.29. The van der Waals surface area contributed by atoms with E-state index in [2.05, 4.69) is 0 Å². The molecule has 3 aliphatic rings. The summed E-state index contributed by atoms with van der Waals surface area (Å²) in [4.78, 5) is 0. The van der Waals surface area contributed by atoms with Gasteiger partial charge in [0.25, 0.3) is 0 Å². The van der Waals surface area contributed by atoms with Crippen molar-refractivity contribution in [3.05, 3.63) is 58.7 Å². The third kappa shape index (κ3) is 3.67. The zero-order valence-electron chi connectivity index (χ0n) is 16.4. The molecule has 0 aromatic heterocycles. The van der Waals surface area contributed by atoms with Crippen LogP contribution in [0.25, 0.3) is 0 Å². The van der Waals surface area contributed by atoms with Gasteiger partial charge in [0.05, 0.1) is 18.8 Å². The van der Waals surface area contributed by atoms with Crippen LogP contribution in [0.1, 0.15) is 43.7 Å². The summed E-state index contributed by atoms with van der Waals surface area (Å²) in [5, 5.41) is -0.637. The van der Waals surface area contributed by atoms with Gasteiger partial charge in [-0.25, -0.2) is 17.2 Å². The van der Waals surface area contributed by atoms with Gasteiger partial charge in [-0.2, -0.15) is 4.31 Å². The van der Waals surface area contributed by atoms with Crippen LogP contribution in [0.5, 0.6) is 0 Å². The monoisotopic (exact) mass is 424 g/mol. The first-order valence-corrected chi connectivity index (χ1v) is 11.4. The van der Waals surface area contributed by atoms with Crippen LogP contribution in [-0.2, 0) is 26.8 Å². The molecule has 2 saturated heterocycles. The second-order valence-electron chi connectivity index (χ2n) is 8.26. The van der Waals surface area contributed by atoms with Crippen molar-refractivity contribution < 1.29 is 21.9 Å². The number of nitrogens with two attached hydrogens (primary N) is 1. The molecule has 1 aromatic rings. The second kappa shape index (κ2) is 7.58. The number of nitrogens with zero attached hydrogens (tertiary/aromatic N) is 1. The molecule has 2 fully saturated rings. The van der Waals surface area contributed by atoms with Crippen molar-refractivity contribution in [2.24, 2.45) is 5.73 Å². The summed E-state index contributed by atoms with van der Waals surface area (Å²) >= 11 is 0. The van der Waals surface area contributed by atoms with Gasteiger partial charge in [0.15, 0.2) is 0 Å². The predicted molar refractivity (Wildman–Crippen MR) is 106 cm³/mol. The number of rotatable bonds is 4. The van der Waals surface area contributed by atoms with Crippen molar-refractivity contribution in [2.75, 3.05) is 13.2 Å². The highest BCUT2D eigenvalue weighted by molar-refractivity contribution is 7.90. The molecule has 5 nitrogen and oxygen atoms in total. The fraction of sp³-hybridized carbons (Fsp3) is 0.524. The first kappa shape index (κ1) is 20.7. The third-order valence-corrected chi connectivity index (χ3v) is 8.51. The van der Waals surface area contributed by atoms with Crippen LogP contribution in [0.4, 0.5) is 8.78 Å². The molecule has 1 unspecified atom stereocenters. The van der Waals surface area contributed by atoms with Crippen molar-refractivity contribution in [2.45, 2.75) is 56.0 Å². The van der Waals surface area contributed by atoms with E-state index < -0.39 is 32.4 Å². The van der Waals surface area contributed by atoms with Gasteiger partial charge in [-0.3, -0.25) is 0 Å². The third-order valence-electron chi connectivity index (χ3n) is 6.14. The van der Waals surface area contributed by atoms with E-state index in [1.807, 2.05) is 25.2 Å². The number of hydrogen-bond acceptors (Lipinski definition) is 4. The van der Waals surface area contributed by atoms with Crippen LogP contribution in [0.15, 0.2) is 35.9 Å². The summed E-state index contributed by atoms with van der Waals surface area (Å²) in [6, 6.07) is 1.87. The maximum absolute atomic E-state index is 14.8. The lowest BCUT2D eigenvalue weighted by molar-refractivity contribution is -0.0586. The van der Waals surface area contributed by atoms with Crippen molar-refractivity contribution >= 4 is 10.0 Å². The van der Waals surface area contributed by atoms with Crippen LogP contribution < -0.4 is 5.73 Å². The van der Waals surface area contributed by atoms with Crippen molar-refractivity contribution in [3.63, 3.8) is 0 Å². The SMILES string of the molecule is C[C@H]1CCC(C2=CCCC=C2)S(=O)(=O)N1Cc1cc(F)c(C2(N)COC2)cc1F. The van der Waals surface area contributed by atoms with E-state index in [1.54, 1.807) is 0 Å². The normalized spacial score (nSPS) is 28.6. The lowest BCUT2D eigenvalue weighted by Gasteiger charge is -2.39. The van der Waals surface area contributed by atoms with E-state index in [0.717, 1.165) is 30.5 Å². The number of ether oxygens (including phenoxy) is 1. The molecule has 0 radical (unpaired) electrons. The van der Waals surface area contributed by atoms with E-state index in [1.165, 1.54) is 4.31 Å². The molecule has 0 amide bonds. The molecule has 2 heterocycles. The van der Waals surface area contributed by atoms with Gasteiger partial charge in [0, 0.05) is 23.7 Å². The lowest BCUT2D eigenvalue weighted by atomic mass is 9.88. The Bertz CT molecular complexity index is 970. The first-order valence-electron chi connectivity index (χ1n) is 9.95. The van der Waals surface area contributed by atoms with E-state index >= 15 is 0 Å². The molecule has 2 N–H and O–H groups in total. The molecule has 1 aliphatic carbocycles. The zero-order chi connectivity index (χ0) is 20.8. The Morgan fingerprint density at radius 2 is 1.97 bits per heavy atom. The highest BCUT2D eigenvalue weighted by Crippen LogP contribution is 2.35. The average Bonchev–Trinajstić information content (AvgIpc) is 2.66. The first-order chi connectivity index (χ1) is 13.7. The van der Waals surface area contributed by atoms with Gasteiger partial charge in [-0.15, -0.1) is 0 Å². The van der Waals surface area contributed by atoms with Crippen molar-refractivity contribution in [1.29, 1.82) is 0 Å². The molecule has 4 rings (SSSR count). The van der Waals surface area contributed by atoms with Gasteiger partial charge in [0.2, 0.25) is 10.0 Å². The van der Waals surface area contributed by atoms with E-state index in [0.29, 0.717) is 12.8 Å². The molecular formula is C21H26F2N2O3S. The van der Waals surface area contributed by atoms with Gasteiger partial charge in [0.1, 0.15) is 16.9 Å². The Kier molecular flexibility index (Phi) is 5.40. The maximum atomic E-state index is 14.8. The van der Waals surface area contributed by atoms with E-state index in [4.69, 9.17) is 10.5 Å². The molecule has 158 valence electrons. The fourth-order valence-electron chi connectivity index (χ4n) is 4.29. The molecule has 0 saturated carbocycles. The van der Waals surface area contributed by atoms with Gasteiger partial charge in [-0.1, -0.05) is 18.2 Å². The van der Waals surface area contributed by atoms with E-state index in [9.17, 15) is 17.2 Å². The van der Waals surface area contributed by atoms with Gasteiger partial charge >= 0.3 is 0 Å². The van der Waals surface area contributed by atoms with Crippen LogP contribution in [-0.4, -0.2) is 37.2 Å². The van der Waals surface area contributed by atoms with E-state index in [-0.39, 0.29) is 36.9 Å².